The molecule has 21 heavy (non-hydrogen) atoms. The van der Waals surface area contributed by atoms with Crippen LogP contribution < -0.4 is 10.1 Å². The third kappa shape index (κ3) is 6.63. The summed E-state index contributed by atoms with van der Waals surface area (Å²) in [5, 5.41) is 2.87. The second-order valence-electron chi connectivity index (χ2n) is 5.29. The Balaban J connectivity index is 2.34. The van der Waals surface area contributed by atoms with Crippen LogP contribution in [0, 0.1) is 0 Å². The molecule has 0 saturated carbocycles. The number of rotatable bonds is 9. The van der Waals surface area contributed by atoms with Crippen LogP contribution in [0.25, 0.3) is 0 Å². The molecular weight excluding hydrogens is 266 g/mol. The molecular formula is C17H27NO3. The first-order valence-corrected chi connectivity index (χ1v) is 7.68. The molecule has 118 valence electrons. The monoisotopic (exact) mass is 293 g/mol. The van der Waals surface area contributed by atoms with E-state index in [0.717, 1.165) is 24.2 Å². The van der Waals surface area contributed by atoms with Gasteiger partial charge in [-0.1, -0.05) is 25.1 Å². The van der Waals surface area contributed by atoms with E-state index in [1.165, 1.54) is 0 Å². The summed E-state index contributed by atoms with van der Waals surface area (Å²) in [4.78, 5) is 12.0. The topological polar surface area (TPSA) is 47.6 Å². The molecule has 1 amide bonds. The van der Waals surface area contributed by atoms with Crippen molar-refractivity contribution in [2.45, 2.75) is 52.7 Å². The molecule has 1 rings (SSSR count). The molecule has 1 atom stereocenters. The maximum Gasteiger partial charge on any atom is 0.260 e. The van der Waals surface area contributed by atoms with E-state index in [0.29, 0.717) is 13.2 Å². The minimum Gasteiger partial charge on any atom is -0.481 e. The van der Waals surface area contributed by atoms with Gasteiger partial charge in [0, 0.05) is 13.2 Å². The lowest BCUT2D eigenvalue weighted by molar-refractivity contribution is -0.127. The summed E-state index contributed by atoms with van der Waals surface area (Å²) in [5.41, 5.74) is 1.11. The Hall–Kier alpha value is -1.55. The van der Waals surface area contributed by atoms with Crippen molar-refractivity contribution in [3.8, 4) is 5.75 Å². The number of carbonyl (C=O) groups is 1. The van der Waals surface area contributed by atoms with Gasteiger partial charge < -0.3 is 14.8 Å². The molecule has 0 unspecified atom stereocenters. The highest BCUT2D eigenvalue weighted by molar-refractivity contribution is 5.80. The molecule has 4 heteroatoms. The van der Waals surface area contributed by atoms with E-state index in [1.54, 1.807) is 6.92 Å². The molecule has 0 aromatic heterocycles. The quantitative estimate of drug-likeness (QED) is 0.712. The highest BCUT2D eigenvalue weighted by atomic mass is 16.5. The van der Waals surface area contributed by atoms with Crippen molar-refractivity contribution in [3.63, 3.8) is 0 Å². The lowest BCUT2D eigenvalue weighted by Crippen LogP contribution is -2.37. The second kappa shape index (κ2) is 9.40. The molecule has 0 radical (unpaired) electrons. The molecule has 0 fully saturated rings. The van der Waals surface area contributed by atoms with Gasteiger partial charge in [0.25, 0.3) is 5.91 Å². The third-order valence-corrected chi connectivity index (χ3v) is 3.10. The number of nitrogens with one attached hydrogen (secondary N) is 1. The predicted molar refractivity (Wildman–Crippen MR) is 84.6 cm³/mol. The zero-order valence-electron chi connectivity index (χ0n) is 13.5. The van der Waals surface area contributed by atoms with E-state index < -0.39 is 6.10 Å². The molecule has 0 aliphatic rings. The van der Waals surface area contributed by atoms with Gasteiger partial charge >= 0.3 is 0 Å². The van der Waals surface area contributed by atoms with Crippen LogP contribution in [0.3, 0.4) is 0 Å². The normalized spacial score (nSPS) is 12.2. The molecule has 0 bridgehead atoms. The van der Waals surface area contributed by atoms with E-state index in [2.05, 4.69) is 12.2 Å². The lowest BCUT2D eigenvalue weighted by atomic mass is 10.1. The van der Waals surface area contributed by atoms with Crippen molar-refractivity contribution < 1.29 is 14.3 Å². The number of hydrogen-bond acceptors (Lipinski definition) is 3. The molecule has 4 nitrogen and oxygen atoms in total. The van der Waals surface area contributed by atoms with Gasteiger partial charge in [-0.15, -0.1) is 0 Å². The summed E-state index contributed by atoms with van der Waals surface area (Å²) in [5.74, 6) is 0.691. The summed E-state index contributed by atoms with van der Waals surface area (Å²) in [6.45, 7) is 9.11. The van der Waals surface area contributed by atoms with Crippen LogP contribution in [-0.4, -0.2) is 31.3 Å². The van der Waals surface area contributed by atoms with Gasteiger partial charge in [0.2, 0.25) is 0 Å². The van der Waals surface area contributed by atoms with Gasteiger partial charge in [0.05, 0.1) is 6.10 Å². The first-order chi connectivity index (χ1) is 10.0. The first-order valence-electron chi connectivity index (χ1n) is 7.68. The highest BCUT2D eigenvalue weighted by Crippen LogP contribution is 2.19. The molecule has 0 spiro atoms. The van der Waals surface area contributed by atoms with Crippen LogP contribution in [0.15, 0.2) is 24.3 Å². The highest BCUT2D eigenvalue weighted by Gasteiger charge is 2.15. The van der Waals surface area contributed by atoms with Crippen LogP contribution in [-0.2, 0) is 16.0 Å². The number of benzene rings is 1. The third-order valence-electron chi connectivity index (χ3n) is 3.10. The van der Waals surface area contributed by atoms with Crippen molar-refractivity contribution in [2.24, 2.45) is 0 Å². The SMILES string of the molecule is CCc1ccccc1O[C@H](C)C(=O)NCCCOC(C)C. The molecule has 0 aliphatic heterocycles. The summed E-state index contributed by atoms with van der Waals surface area (Å²) >= 11 is 0. The lowest BCUT2D eigenvalue weighted by Gasteiger charge is -2.17. The Bertz CT molecular complexity index is 432. The van der Waals surface area contributed by atoms with Crippen LogP contribution in [0.2, 0.25) is 0 Å². The van der Waals surface area contributed by atoms with Gasteiger partial charge in [-0.05, 0) is 45.2 Å². The van der Waals surface area contributed by atoms with Crippen molar-refractivity contribution in [3.05, 3.63) is 29.8 Å². The van der Waals surface area contributed by atoms with Crippen molar-refractivity contribution in [1.29, 1.82) is 0 Å². The Morgan fingerprint density at radius 2 is 1.95 bits per heavy atom. The minimum absolute atomic E-state index is 0.0922. The largest absolute Gasteiger partial charge is 0.481 e. The molecule has 0 aliphatic carbocycles. The molecule has 0 heterocycles. The molecule has 1 aromatic carbocycles. The molecule has 0 saturated heterocycles. The maximum absolute atomic E-state index is 12.0. The summed E-state index contributed by atoms with van der Waals surface area (Å²) in [6.07, 6.45) is 1.43. The zero-order valence-corrected chi connectivity index (χ0v) is 13.5. The van der Waals surface area contributed by atoms with Gasteiger partial charge in [-0.2, -0.15) is 0 Å². The maximum atomic E-state index is 12.0. The Kier molecular flexibility index (Phi) is 7.83. The average Bonchev–Trinajstić information content (AvgIpc) is 2.46. The summed E-state index contributed by atoms with van der Waals surface area (Å²) in [6, 6.07) is 7.82. The second-order valence-corrected chi connectivity index (χ2v) is 5.29. The Morgan fingerprint density at radius 3 is 2.62 bits per heavy atom. The summed E-state index contributed by atoms with van der Waals surface area (Å²) in [7, 11) is 0. The number of carbonyl (C=O) groups excluding carboxylic acids is 1. The van der Waals surface area contributed by atoms with Crippen molar-refractivity contribution >= 4 is 5.91 Å². The number of para-hydroxylation sites is 1. The van der Waals surface area contributed by atoms with Gasteiger partial charge in [-0.3, -0.25) is 4.79 Å². The average molecular weight is 293 g/mol. The first kappa shape index (κ1) is 17.5. The van der Waals surface area contributed by atoms with E-state index in [9.17, 15) is 4.79 Å². The van der Waals surface area contributed by atoms with Gasteiger partial charge in [-0.25, -0.2) is 0 Å². The number of amides is 1. The molecule has 1 N–H and O–H groups in total. The van der Waals surface area contributed by atoms with Crippen LogP contribution in [0.4, 0.5) is 0 Å². The van der Waals surface area contributed by atoms with E-state index >= 15 is 0 Å². The van der Waals surface area contributed by atoms with E-state index in [-0.39, 0.29) is 12.0 Å². The zero-order chi connectivity index (χ0) is 15.7. The van der Waals surface area contributed by atoms with Crippen LogP contribution in [0.5, 0.6) is 5.75 Å². The van der Waals surface area contributed by atoms with Crippen LogP contribution >= 0.6 is 0 Å². The fourth-order valence-corrected chi connectivity index (χ4v) is 1.90. The summed E-state index contributed by atoms with van der Waals surface area (Å²) < 4.78 is 11.2. The van der Waals surface area contributed by atoms with Crippen molar-refractivity contribution in [2.75, 3.05) is 13.2 Å². The smallest absolute Gasteiger partial charge is 0.260 e. The van der Waals surface area contributed by atoms with Gasteiger partial charge in [0.15, 0.2) is 6.10 Å². The Labute approximate surface area is 127 Å². The van der Waals surface area contributed by atoms with Crippen molar-refractivity contribution in [1.82, 2.24) is 5.32 Å². The molecule has 1 aromatic rings. The number of aryl methyl sites for hydroxylation is 1. The number of hydrogen-bond donors (Lipinski definition) is 1. The number of ether oxygens (including phenoxy) is 2. The fourth-order valence-electron chi connectivity index (χ4n) is 1.90. The minimum atomic E-state index is -0.497. The standard InChI is InChI=1S/C17H27NO3/c1-5-15-9-6-7-10-16(15)21-14(4)17(19)18-11-8-12-20-13(2)3/h6-7,9-10,13-14H,5,8,11-12H2,1-4H3,(H,18,19)/t14-/m1/s1. The predicted octanol–water partition coefficient (Wildman–Crippen LogP) is 2.95. The van der Waals surface area contributed by atoms with E-state index in [4.69, 9.17) is 9.47 Å². The Morgan fingerprint density at radius 1 is 1.24 bits per heavy atom. The van der Waals surface area contributed by atoms with E-state index in [1.807, 2.05) is 38.1 Å². The fraction of sp³-hybridized carbons (Fsp3) is 0.588. The van der Waals surface area contributed by atoms with Crippen LogP contribution in [0.1, 0.15) is 39.7 Å². The van der Waals surface area contributed by atoms with Gasteiger partial charge in [0.1, 0.15) is 5.75 Å².